The topological polar surface area (TPSA) is 68.9 Å². The van der Waals surface area contributed by atoms with Gasteiger partial charge < -0.3 is 5.73 Å². The maximum atomic E-state index is 13.3. The zero-order valence-electron chi connectivity index (χ0n) is 8.22. The molecular weight excluding hydrogens is 209 g/mol. The summed E-state index contributed by atoms with van der Waals surface area (Å²) in [5.41, 5.74) is 5.67. The molecule has 5 heteroatoms. The lowest BCUT2D eigenvalue weighted by Crippen LogP contribution is -2.08. The van der Waals surface area contributed by atoms with Gasteiger partial charge in [0.2, 0.25) is 0 Å². The number of aromatic nitrogens is 2. The van der Waals surface area contributed by atoms with Gasteiger partial charge in [-0.2, -0.15) is 0 Å². The van der Waals surface area contributed by atoms with Crippen LogP contribution < -0.4 is 5.73 Å². The zero-order chi connectivity index (χ0) is 11.5. The first-order chi connectivity index (χ1) is 7.70. The first-order valence-corrected chi connectivity index (χ1v) is 4.55. The predicted octanol–water partition coefficient (Wildman–Crippen LogP) is 1.43. The third kappa shape index (κ3) is 1.75. The van der Waals surface area contributed by atoms with Crippen LogP contribution in [0.1, 0.15) is 15.9 Å². The van der Waals surface area contributed by atoms with Crippen molar-refractivity contribution in [1.29, 1.82) is 0 Å². The molecule has 2 aromatic heterocycles. The molecule has 0 radical (unpaired) electrons. The Balaban J connectivity index is 2.48. The molecule has 0 aromatic carbocycles. The number of nitrogen functional groups attached to an aromatic ring is 1. The standard InChI is InChI=1S/C11H8FN3O/c12-9-6-14-5-3-7(9)10(16)8-2-1-4-15-11(8)13/h1-6H,(H2,13,15). The lowest BCUT2D eigenvalue weighted by atomic mass is 10.1. The highest BCUT2D eigenvalue weighted by molar-refractivity contribution is 6.11. The average Bonchev–Trinajstić information content (AvgIpc) is 2.29. The van der Waals surface area contributed by atoms with Crippen LogP contribution in [-0.4, -0.2) is 15.8 Å². The van der Waals surface area contributed by atoms with E-state index in [0.717, 1.165) is 6.20 Å². The van der Waals surface area contributed by atoms with Gasteiger partial charge in [0, 0.05) is 12.4 Å². The van der Waals surface area contributed by atoms with E-state index >= 15 is 0 Å². The Morgan fingerprint density at radius 1 is 1.25 bits per heavy atom. The second-order valence-electron chi connectivity index (χ2n) is 3.12. The lowest BCUT2D eigenvalue weighted by Gasteiger charge is -2.03. The van der Waals surface area contributed by atoms with E-state index in [0.29, 0.717) is 0 Å². The van der Waals surface area contributed by atoms with E-state index in [1.807, 2.05) is 0 Å². The minimum absolute atomic E-state index is 0.0605. The number of hydrogen-bond donors (Lipinski definition) is 1. The van der Waals surface area contributed by atoms with E-state index in [9.17, 15) is 9.18 Å². The summed E-state index contributed by atoms with van der Waals surface area (Å²) in [6.45, 7) is 0. The Morgan fingerprint density at radius 2 is 2.06 bits per heavy atom. The number of anilines is 1. The number of hydrogen-bond acceptors (Lipinski definition) is 4. The number of rotatable bonds is 2. The van der Waals surface area contributed by atoms with Gasteiger partial charge in [-0.25, -0.2) is 9.37 Å². The van der Waals surface area contributed by atoms with Gasteiger partial charge in [0.25, 0.3) is 0 Å². The smallest absolute Gasteiger partial charge is 0.199 e. The molecule has 2 heterocycles. The second-order valence-corrected chi connectivity index (χ2v) is 3.12. The molecule has 0 aliphatic carbocycles. The fraction of sp³-hybridized carbons (Fsp3) is 0. The highest BCUT2D eigenvalue weighted by Gasteiger charge is 2.16. The van der Waals surface area contributed by atoms with Gasteiger partial charge in [-0.05, 0) is 18.2 Å². The van der Waals surface area contributed by atoms with Crippen molar-refractivity contribution in [3.05, 3.63) is 53.7 Å². The highest BCUT2D eigenvalue weighted by atomic mass is 19.1. The lowest BCUT2D eigenvalue weighted by molar-refractivity contribution is 0.103. The molecule has 0 spiro atoms. The van der Waals surface area contributed by atoms with E-state index < -0.39 is 11.6 Å². The van der Waals surface area contributed by atoms with E-state index in [2.05, 4.69) is 9.97 Å². The highest BCUT2D eigenvalue weighted by Crippen LogP contribution is 2.15. The molecular formula is C11H8FN3O. The van der Waals surface area contributed by atoms with Crippen molar-refractivity contribution in [3.63, 3.8) is 0 Å². The quantitative estimate of drug-likeness (QED) is 0.772. The van der Waals surface area contributed by atoms with Crippen LogP contribution in [0.15, 0.2) is 36.8 Å². The van der Waals surface area contributed by atoms with Crippen LogP contribution in [0.25, 0.3) is 0 Å². The number of halogens is 1. The number of carbonyl (C=O) groups excluding carboxylic acids is 1. The molecule has 0 saturated heterocycles. The van der Waals surface area contributed by atoms with Crippen molar-refractivity contribution in [2.24, 2.45) is 0 Å². The summed E-state index contributed by atoms with van der Waals surface area (Å²) in [5.74, 6) is -1.08. The van der Waals surface area contributed by atoms with Crippen LogP contribution >= 0.6 is 0 Å². The fourth-order valence-electron chi connectivity index (χ4n) is 1.31. The Labute approximate surface area is 91.0 Å². The van der Waals surface area contributed by atoms with Gasteiger partial charge in [0.1, 0.15) is 5.82 Å². The largest absolute Gasteiger partial charge is 0.383 e. The van der Waals surface area contributed by atoms with Crippen molar-refractivity contribution >= 4 is 11.6 Å². The maximum Gasteiger partial charge on any atom is 0.199 e. The van der Waals surface area contributed by atoms with Crippen LogP contribution in [0, 0.1) is 5.82 Å². The summed E-state index contributed by atoms with van der Waals surface area (Å²) in [7, 11) is 0. The molecule has 0 bridgehead atoms. The number of ketones is 1. The maximum absolute atomic E-state index is 13.3. The summed E-state index contributed by atoms with van der Waals surface area (Å²) >= 11 is 0. The molecule has 16 heavy (non-hydrogen) atoms. The molecule has 0 saturated carbocycles. The minimum Gasteiger partial charge on any atom is -0.383 e. The first kappa shape index (κ1) is 10.2. The van der Waals surface area contributed by atoms with Gasteiger partial charge in [0.15, 0.2) is 11.6 Å². The second kappa shape index (κ2) is 4.06. The Morgan fingerprint density at radius 3 is 2.75 bits per heavy atom. The first-order valence-electron chi connectivity index (χ1n) is 4.55. The number of carbonyl (C=O) groups is 1. The third-order valence-electron chi connectivity index (χ3n) is 2.10. The van der Waals surface area contributed by atoms with Crippen molar-refractivity contribution in [2.75, 3.05) is 5.73 Å². The van der Waals surface area contributed by atoms with Crippen molar-refractivity contribution in [2.45, 2.75) is 0 Å². The molecule has 0 amide bonds. The Bertz CT molecular complexity index is 495. The summed E-state index contributed by atoms with van der Waals surface area (Å²) in [6, 6.07) is 4.39. The van der Waals surface area contributed by atoms with E-state index in [1.165, 1.54) is 24.5 Å². The third-order valence-corrected chi connectivity index (χ3v) is 2.10. The zero-order valence-corrected chi connectivity index (χ0v) is 8.22. The predicted molar refractivity (Wildman–Crippen MR) is 56.3 cm³/mol. The van der Waals surface area contributed by atoms with Gasteiger partial charge in [-0.3, -0.25) is 9.78 Å². The van der Waals surface area contributed by atoms with Crippen LogP contribution in [0.3, 0.4) is 0 Å². The number of nitrogens with zero attached hydrogens (tertiary/aromatic N) is 2. The summed E-state index contributed by atoms with van der Waals surface area (Å²) in [4.78, 5) is 19.2. The molecule has 0 unspecified atom stereocenters. The van der Waals surface area contributed by atoms with E-state index in [-0.39, 0.29) is 16.9 Å². The van der Waals surface area contributed by atoms with Gasteiger partial charge in [-0.1, -0.05) is 0 Å². The van der Waals surface area contributed by atoms with E-state index in [1.54, 1.807) is 6.07 Å². The van der Waals surface area contributed by atoms with Crippen molar-refractivity contribution in [3.8, 4) is 0 Å². The molecule has 2 aromatic rings. The molecule has 0 aliphatic rings. The SMILES string of the molecule is Nc1ncccc1C(=O)c1ccncc1F. The Kier molecular flexibility index (Phi) is 2.59. The van der Waals surface area contributed by atoms with Crippen molar-refractivity contribution in [1.82, 2.24) is 9.97 Å². The molecule has 2 N–H and O–H groups in total. The monoisotopic (exact) mass is 217 g/mol. The Hall–Kier alpha value is -2.30. The molecule has 4 nitrogen and oxygen atoms in total. The van der Waals surface area contributed by atoms with Gasteiger partial charge in [-0.15, -0.1) is 0 Å². The molecule has 0 aliphatic heterocycles. The van der Waals surface area contributed by atoms with Gasteiger partial charge in [0.05, 0.1) is 17.3 Å². The van der Waals surface area contributed by atoms with E-state index in [4.69, 9.17) is 5.73 Å². The number of nitrogens with two attached hydrogens (primary N) is 1. The minimum atomic E-state index is -0.671. The average molecular weight is 217 g/mol. The van der Waals surface area contributed by atoms with Crippen LogP contribution in [0.4, 0.5) is 10.2 Å². The van der Waals surface area contributed by atoms with Crippen LogP contribution in [0.5, 0.6) is 0 Å². The molecule has 0 atom stereocenters. The van der Waals surface area contributed by atoms with Crippen molar-refractivity contribution < 1.29 is 9.18 Å². The molecule has 0 fully saturated rings. The van der Waals surface area contributed by atoms with Gasteiger partial charge >= 0.3 is 0 Å². The number of pyridine rings is 2. The summed E-state index contributed by atoms with van der Waals surface area (Å²) < 4.78 is 13.3. The fourth-order valence-corrected chi connectivity index (χ4v) is 1.31. The van der Waals surface area contributed by atoms with Crippen LogP contribution in [-0.2, 0) is 0 Å². The normalized spacial score (nSPS) is 10.1. The molecule has 80 valence electrons. The summed E-state index contributed by atoms with van der Waals surface area (Å²) in [6.07, 6.45) is 3.80. The van der Waals surface area contributed by atoms with Crippen LogP contribution in [0.2, 0.25) is 0 Å². The molecule has 2 rings (SSSR count). The summed E-state index contributed by atoms with van der Waals surface area (Å²) in [5, 5.41) is 0.